The molecule has 0 unspecified atom stereocenters. The molecule has 0 radical (unpaired) electrons. The molecule has 3 aromatic rings. The van der Waals surface area contributed by atoms with Crippen LogP contribution in [0.4, 0.5) is 10.1 Å². The summed E-state index contributed by atoms with van der Waals surface area (Å²) in [5.74, 6) is 0.546. The maximum Gasteiger partial charge on any atom is 0.341 e. The average molecular weight is 404 g/mol. The van der Waals surface area contributed by atoms with Gasteiger partial charge in [0.05, 0.1) is 29.5 Å². The number of esters is 1. The van der Waals surface area contributed by atoms with Crippen molar-refractivity contribution >= 4 is 49.0 Å². The number of hydrogen-bond donors (Lipinski definition) is 1. The zero-order chi connectivity index (χ0) is 19.0. The number of hydrogen-bond acceptors (Lipinski definition) is 8. The van der Waals surface area contributed by atoms with Gasteiger partial charge in [0.2, 0.25) is 0 Å². The highest BCUT2D eigenvalue weighted by atomic mass is 32.1. The molecule has 1 aliphatic rings. The van der Waals surface area contributed by atoms with E-state index in [2.05, 4.69) is 22.2 Å². The molecule has 0 amide bonds. The first kappa shape index (κ1) is 18.2. The van der Waals surface area contributed by atoms with Crippen LogP contribution in [-0.2, 0) is 17.7 Å². The van der Waals surface area contributed by atoms with Crippen molar-refractivity contribution in [2.75, 3.05) is 32.6 Å². The zero-order valence-corrected chi connectivity index (χ0v) is 17.1. The lowest BCUT2D eigenvalue weighted by molar-refractivity contribution is 0.0526. The van der Waals surface area contributed by atoms with Gasteiger partial charge in [-0.2, -0.15) is 0 Å². The number of ether oxygens (including phenoxy) is 2. The van der Waals surface area contributed by atoms with E-state index in [4.69, 9.17) is 9.47 Å². The van der Waals surface area contributed by atoms with Crippen LogP contribution in [-0.4, -0.2) is 43.2 Å². The quantitative estimate of drug-likeness (QED) is 0.642. The summed E-state index contributed by atoms with van der Waals surface area (Å²) in [5, 5.41) is 4.96. The molecule has 0 saturated heterocycles. The largest absolute Gasteiger partial charge is 0.497 e. The third kappa shape index (κ3) is 3.52. The molecule has 0 spiro atoms. The van der Waals surface area contributed by atoms with Gasteiger partial charge < -0.3 is 19.7 Å². The summed E-state index contributed by atoms with van der Waals surface area (Å²) in [7, 11) is 3.75. The van der Waals surface area contributed by atoms with Crippen molar-refractivity contribution in [2.24, 2.45) is 0 Å². The number of carbonyl (C=O) groups is 1. The Morgan fingerprint density at radius 1 is 1.37 bits per heavy atom. The molecule has 0 bridgehead atoms. The second-order valence-electron chi connectivity index (χ2n) is 6.39. The molecule has 0 atom stereocenters. The molecule has 0 aliphatic carbocycles. The Morgan fingerprint density at radius 3 is 3.00 bits per heavy atom. The molecule has 1 aliphatic heterocycles. The van der Waals surface area contributed by atoms with Crippen LogP contribution in [0.5, 0.6) is 5.75 Å². The molecule has 0 fully saturated rings. The predicted molar refractivity (Wildman–Crippen MR) is 110 cm³/mol. The third-order valence-electron chi connectivity index (χ3n) is 4.54. The van der Waals surface area contributed by atoms with Crippen molar-refractivity contribution in [1.82, 2.24) is 9.88 Å². The van der Waals surface area contributed by atoms with Gasteiger partial charge in [0.25, 0.3) is 0 Å². The molecule has 8 heteroatoms. The zero-order valence-electron chi connectivity index (χ0n) is 15.5. The van der Waals surface area contributed by atoms with E-state index in [9.17, 15) is 4.79 Å². The van der Waals surface area contributed by atoms with Gasteiger partial charge in [-0.1, -0.05) is 11.3 Å². The molecule has 0 saturated carbocycles. The van der Waals surface area contributed by atoms with E-state index < -0.39 is 0 Å². The van der Waals surface area contributed by atoms with Crippen LogP contribution < -0.4 is 10.1 Å². The highest BCUT2D eigenvalue weighted by molar-refractivity contribution is 7.23. The fourth-order valence-corrected chi connectivity index (χ4v) is 5.50. The Kier molecular flexibility index (Phi) is 5.03. The highest BCUT2D eigenvalue weighted by Crippen LogP contribution is 2.40. The smallest absolute Gasteiger partial charge is 0.341 e. The maximum atomic E-state index is 12.6. The van der Waals surface area contributed by atoms with Crippen molar-refractivity contribution in [2.45, 2.75) is 19.9 Å². The molecule has 4 rings (SSSR count). The van der Waals surface area contributed by atoms with Crippen molar-refractivity contribution in [1.29, 1.82) is 0 Å². The number of likely N-dealkylation sites (N-methyl/N-ethyl adjacent to an activating group) is 1. The summed E-state index contributed by atoms with van der Waals surface area (Å²) in [6.45, 7) is 3.99. The predicted octanol–water partition coefficient (Wildman–Crippen LogP) is 4.27. The number of thiazole rings is 1. The van der Waals surface area contributed by atoms with Gasteiger partial charge in [-0.05, 0) is 44.2 Å². The molecule has 142 valence electrons. The van der Waals surface area contributed by atoms with Gasteiger partial charge in [0.1, 0.15) is 10.8 Å². The Labute approximate surface area is 165 Å². The van der Waals surface area contributed by atoms with E-state index in [1.165, 1.54) is 4.88 Å². The molecule has 2 aromatic heterocycles. The normalized spacial score (nSPS) is 14.2. The number of anilines is 2. The van der Waals surface area contributed by atoms with Crippen LogP contribution in [0.25, 0.3) is 10.2 Å². The van der Waals surface area contributed by atoms with Gasteiger partial charge in [-0.15, -0.1) is 11.3 Å². The van der Waals surface area contributed by atoms with Crippen LogP contribution >= 0.6 is 22.7 Å². The van der Waals surface area contributed by atoms with E-state index in [0.717, 1.165) is 51.2 Å². The first-order valence-corrected chi connectivity index (χ1v) is 10.4. The monoisotopic (exact) mass is 403 g/mol. The lowest BCUT2D eigenvalue weighted by Crippen LogP contribution is -2.26. The van der Waals surface area contributed by atoms with Gasteiger partial charge in [0.15, 0.2) is 5.13 Å². The molecular formula is C19H21N3O3S2. The molecule has 1 aromatic carbocycles. The first-order chi connectivity index (χ1) is 13.1. The molecule has 27 heavy (non-hydrogen) atoms. The number of fused-ring (bicyclic) bond motifs is 2. The fraction of sp³-hybridized carbons (Fsp3) is 0.368. The van der Waals surface area contributed by atoms with Crippen LogP contribution in [0.2, 0.25) is 0 Å². The van der Waals surface area contributed by atoms with Crippen molar-refractivity contribution in [3.05, 3.63) is 34.2 Å². The Balaban J connectivity index is 1.71. The van der Waals surface area contributed by atoms with Gasteiger partial charge in [-0.3, -0.25) is 0 Å². The van der Waals surface area contributed by atoms with Gasteiger partial charge in [0, 0.05) is 18.0 Å². The third-order valence-corrected chi connectivity index (χ3v) is 6.61. The van der Waals surface area contributed by atoms with E-state index in [0.29, 0.717) is 12.2 Å². The Bertz CT molecular complexity index is 996. The Morgan fingerprint density at radius 2 is 2.22 bits per heavy atom. The molecule has 1 N–H and O–H groups in total. The van der Waals surface area contributed by atoms with E-state index >= 15 is 0 Å². The minimum atomic E-state index is -0.259. The number of methoxy groups -OCH3 is 1. The number of aromatic nitrogens is 1. The van der Waals surface area contributed by atoms with Crippen LogP contribution in [0, 0.1) is 0 Å². The maximum absolute atomic E-state index is 12.6. The summed E-state index contributed by atoms with van der Waals surface area (Å²) in [4.78, 5) is 20.8. The van der Waals surface area contributed by atoms with Crippen molar-refractivity contribution in [3.63, 3.8) is 0 Å². The number of rotatable bonds is 5. The summed E-state index contributed by atoms with van der Waals surface area (Å²) in [6.07, 6.45) is 0.856. The minimum absolute atomic E-state index is 0.259. The number of nitrogens with zero attached hydrogens (tertiary/aromatic N) is 2. The summed E-state index contributed by atoms with van der Waals surface area (Å²) >= 11 is 3.16. The molecule has 3 heterocycles. The first-order valence-electron chi connectivity index (χ1n) is 8.80. The lowest BCUT2D eigenvalue weighted by atomic mass is 10.0. The topological polar surface area (TPSA) is 63.7 Å². The lowest BCUT2D eigenvalue weighted by Gasteiger charge is -2.22. The minimum Gasteiger partial charge on any atom is -0.497 e. The average Bonchev–Trinajstić information content (AvgIpc) is 3.20. The van der Waals surface area contributed by atoms with Gasteiger partial charge in [-0.25, -0.2) is 9.78 Å². The number of benzene rings is 1. The van der Waals surface area contributed by atoms with E-state index in [-0.39, 0.29) is 5.97 Å². The highest BCUT2D eigenvalue weighted by Gasteiger charge is 2.28. The summed E-state index contributed by atoms with van der Waals surface area (Å²) in [6, 6.07) is 5.81. The number of thiophene rings is 1. The Hall–Kier alpha value is -2.16. The standard InChI is InChI=1S/C19H21N3O3S2/c1-4-25-18(23)16-12-7-8-22(2)10-15(12)26-17(16)21-19-20-13-6-5-11(24-3)9-14(13)27-19/h5-6,9H,4,7-8,10H2,1-3H3,(H,20,21). The van der Waals surface area contributed by atoms with Crippen molar-refractivity contribution in [3.8, 4) is 5.75 Å². The van der Waals surface area contributed by atoms with E-state index in [1.807, 2.05) is 25.1 Å². The van der Waals surface area contributed by atoms with Crippen LogP contribution in [0.15, 0.2) is 18.2 Å². The number of carbonyl (C=O) groups excluding carboxylic acids is 1. The summed E-state index contributed by atoms with van der Waals surface area (Å²) < 4.78 is 11.7. The fourth-order valence-electron chi connectivity index (χ4n) is 3.22. The molecule has 6 nitrogen and oxygen atoms in total. The SMILES string of the molecule is CCOC(=O)c1c(Nc2nc3ccc(OC)cc3s2)sc2c1CCN(C)C2. The summed E-state index contributed by atoms with van der Waals surface area (Å²) in [5.41, 5.74) is 2.69. The molecular weight excluding hydrogens is 382 g/mol. The second-order valence-corrected chi connectivity index (χ2v) is 8.53. The van der Waals surface area contributed by atoms with Crippen molar-refractivity contribution < 1.29 is 14.3 Å². The second kappa shape index (κ2) is 7.46. The van der Waals surface area contributed by atoms with E-state index in [1.54, 1.807) is 29.8 Å². The van der Waals surface area contributed by atoms with Crippen LogP contribution in [0.3, 0.4) is 0 Å². The number of nitrogens with one attached hydrogen (secondary N) is 1. The van der Waals surface area contributed by atoms with Gasteiger partial charge >= 0.3 is 5.97 Å². The van der Waals surface area contributed by atoms with Crippen LogP contribution in [0.1, 0.15) is 27.7 Å².